The lowest BCUT2D eigenvalue weighted by atomic mass is 9.39. The van der Waals surface area contributed by atoms with Crippen molar-refractivity contribution in [2.24, 2.45) is 33.6 Å². The molecule has 4 fully saturated rings. The van der Waals surface area contributed by atoms with E-state index in [2.05, 4.69) is 45.1 Å². The second-order valence-corrected chi connectivity index (χ2v) is 39.6. The van der Waals surface area contributed by atoms with Crippen LogP contribution in [0, 0.1) is 29.1 Å². The van der Waals surface area contributed by atoms with E-state index in [9.17, 15) is 56.4 Å². The third-order valence-corrected chi connectivity index (χ3v) is 27.0. The lowest BCUT2D eigenvalue weighted by molar-refractivity contribution is -0.248. The van der Waals surface area contributed by atoms with Crippen LogP contribution in [-0.2, 0) is 133 Å². The molecule has 43 nitrogen and oxygen atoms in total. The van der Waals surface area contributed by atoms with E-state index in [1.165, 1.54) is 46.5 Å². The van der Waals surface area contributed by atoms with Crippen LogP contribution in [0.15, 0.2) is 103 Å². The van der Waals surface area contributed by atoms with Gasteiger partial charge in [0.25, 0.3) is 33.7 Å². The molecule has 4 saturated carbocycles. The molecule has 4 aromatic heterocycles. The van der Waals surface area contributed by atoms with Crippen LogP contribution in [0.4, 0.5) is 26.2 Å². The van der Waals surface area contributed by atoms with Crippen molar-refractivity contribution in [3.8, 4) is 11.1 Å². The summed E-state index contributed by atoms with van der Waals surface area (Å²) in [6.45, 7) is 19.6. The number of fused-ring (bicyclic) bond motifs is 2. The zero-order valence-electron chi connectivity index (χ0n) is 81.5. The first-order chi connectivity index (χ1) is 68.3. The quantitative estimate of drug-likeness (QED) is 0.0112. The first-order valence-corrected chi connectivity index (χ1v) is 50.4. The fourth-order valence-corrected chi connectivity index (χ4v) is 21.3. The molecule has 0 spiro atoms. The Balaban J connectivity index is 0.592. The van der Waals surface area contributed by atoms with E-state index in [1.54, 1.807) is 39.3 Å². The Morgan fingerprint density at radius 2 is 1.25 bits per heavy atom. The second-order valence-electron chi connectivity index (χ2n) is 37.0. The minimum atomic E-state index is -4.60. The highest BCUT2D eigenvalue weighted by atomic mass is 32.2. The Kier molecular flexibility index (Phi) is 41.4. The highest BCUT2D eigenvalue weighted by Crippen LogP contribution is 2.72. The van der Waals surface area contributed by atoms with Crippen LogP contribution in [0.2, 0.25) is 0 Å². The van der Waals surface area contributed by atoms with Gasteiger partial charge in [-0.15, -0.1) is 5.10 Å². The van der Waals surface area contributed by atoms with Gasteiger partial charge in [0.1, 0.15) is 30.2 Å². The molecular formula is C97H134N16O27S2. The molecule has 0 radical (unpaired) electrons. The SMILES string of the molecule is COCCOCCOCCOCCOCCOCCOCCOCCOCCOCCOCCOCCn1cc([C@H](CC(=O)N[C@H](C(=O)N(c2ccc(COC(=O)N(CCOC34CC5(C)CC(C)(CC(Cn6ncc(-c7ccc(N8CCc9cccc(C(=O)Nc%10nc%11ccccc%11s%10)c9C8)nc7C(=O)O)c6C)(C5)C3)C4)CCS(=O)(=O)O)cc2)[C@@H](CCCNC(N)=O)C(N)=O)C(C)C)N2C(=O)C=CC2=O)nn1. The smallest absolute Gasteiger partial charge is 0.410 e. The topological polar surface area (TPSA) is 533 Å². The van der Waals surface area contributed by atoms with Crippen LogP contribution in [0.1, 0.15) is 140 Å². The Labute approximate surface area is 829 Å². The number of anilines is 3. The Morgan fingerprint density at radius 1 is 0.662 bits per heavy atom. The number of carboxylic acids is 1. The Hall–Kier alpha value is -11.0. The van der Waals surface area contributed by atoms with Crippen LogP contribution in [0.25, 0.3) is 21.3 Å². The van der Waals surface area contributed by atoms with Crippen molar-refractivity contribution in [1.82, 2.24) is 55.2 Å². The molecule has 9 amide bonds. The molecular weight excluding hydrogens is 1890 g/mol. The van der Waals surface area contributed by atoms with Gasteiger partial charge < -0.3 is 103 Å². The number of para-hydroxylation sites is 1. The van der Waals surface area contributed by atoms with Gasteiger partial charge in [-0.1, -0.05) is 80.6 Å². The highest BCUT2D eigenvalue weighted by Gasteiger charge is 2.66. The maximum atomic E-state index is 15.3. The average Bonchev–Trinajstić information content (AvgIpc) is 0.815. The van der Waals surface area contributed by atoms with E-state index in [-0.39, 0.29) is 98.1 Å². The number of amides is 9. The number of ether oxygens (including phenoxy) is 14. The van der Waals surface area contributed by atoms with Crippen LogP contribution >= 0.6 is 11.3 Å². The molecule has 7 aromatic rings. The van der Waals surface area contributed by atoms with E-state index >= 15 is 4.79 Å². The first kappa shape index (κ1) is 110. The fourth-order valence-electron chi connectivity index (χ4n) is 20.0. The molecule has 6 heterocycles. The van der Waals surface area contributed by atoms with Crippen molar-refractivity contribution in [3.63, 3.8) is 0 Å². The maximum absolute atomic E-state index is 15.3. The lowest BCUT2D eigenvalue weighted by Gasteiger charge is -2.69. The number of carbonyl (C=O) groups is 9. The molecule has 4 aliphatic carbocycles. The predicted octanol–water partition coefficient (Wildman–Crippen LogP) is 7.29. The van der Waals surface area contributed by atoms with Crippen molar-refractivity contribution < 1.29 is 128 Å². The molecule has 45 heteroatoms. The van der Waals surface area contributed by atoms with Crippen LogP contribution < -0.4 is 37.2 Å². The van der Waals surface area contributed by atoms with Crippen molar-refractivity contribution >= 4 is 102 Å². The van der Waals surface area contributed by atoms with Crippen LogP contribution in [-0.4, -0.2) is 331 Å². The molecule has 0 saturated heterocycles. The maximum Gasteiger partial charge on any atom is 0.410 e. The van der Waals surface area contributed by atoms with Gasteiger partial charge in [0.2, 0.25) is 11.8 Å². The molecule has 13 rings (SSSR count). The Morgan fingerprint density at radius 3 is 1.80 bits per heavy atom. The summed E-state index contributed by atoms with van der Waals surface area (Å²) in [5.74, 6) is -6.60. The fraction of sp³-hybridized carbons (Fsp3) is 0.588. The number of hydrogen-bond donors (Lipinski definition) is 7. The highest BCUT2D eigenvalue weighted by molar-refractivity contribution is 7.85. The lowest BCUT2D eigenvalue weighted by Crippen LogP contribution is -2.64. The number of primary amides is 2. The summed E-state index contributed by atoms with van der Waals surface area (Å²) < 4.78 is 118. The number of methoxy groups -OCH3 is 1. The third kappa shape index (κ3) is 32.3. The van der Waals surface area contributed by atoms with E-state index in [0.717, 1.165) is 73.2 Å². The van der Waals surface area contributed by atoms with Crippen molar-refractivity contribution in [1.29, 1.82) is 0 Å². The van der Waals surface area contributed by atoms with E-state index in [0.29, 0.717) is 211 Å². The summed E-state index contributed by atoms with van der Waals surface area (Å²) >= 11 is 1.39. The normalized spacial score (nSPS) is 18.7. The molecule has 6 aliphatic rings. The van der Waals surface area contributed by atoms with Crippen LogP contribution in [0.5, 0.6) is 0 Å². The van der Waals surface area contributed by atoms with Crippen LogP contribution in [0.3, 0.4) is 0 Å². The zero-order chi connectivity index (χ0) is 101. The number of pyridine rings is 1. The number of urea groups is 1. The van der Waals surface area contributed by atoms with Crippen molar-refractivity contribution in [2.45, 2.75) is 149 Å². The number of benzene rings is 3. The largest absolute Gasteiger partial charge is 0.476 e. The number of nitrogens with two attached hydrogens (primary N) is 2. The molecule has 5 atom stereocenters. The van der Waals surface area contributed by atoms with Gasteiger partial charge in [0.15, 0.2) is 10.8 Å². The number of carboxylic acid groups (broad SMARTS) is 1. The number of hydrogen-bond acceptors (Lipinski definition) is 32. The van der Waals surface area contributed by atoms with E-state index < -0.39 is 113 Å². The molecule has 776 valence electrons. The molecule has 142 heavy (non-hydrogen) atoms. The number of nitrogens with zero attached hydrogens (tertiary/aromatic N) is 11. The summed E-state index contributed by atoms with van der Waals surface area (Å²) in [6.07, 6.45) is 9.02. The summed E-state index contributed by atoms with van der Waals surface area (Å²) in [5, 5.41) is 32.9. The Bertz CT molecular complexity index is 5440. The number of imide groups is 1. The first-order valence-electron chi connectivity index (χ1n) is 48.0. The van der Waals surface area contributed by atoms with Crippen molar-refractivity contribution in [2.75, 3.05) is 213 Å². The minimum Gasteiger partial charge on any atom is -0.476 e. The monoisotopic (exact) mass is 2020 g/mol. The van der Waals surface area contributed by atoms with E-state index in [1.807, 2.05) is 59.0 Å². The average molecular weight is 2020 g/mol. The van der Waals surface area contributed by atoms with Gasteiger partial charge in [0, 0.05) is 86.6 Å². The predicted molar refractivity (Wildman–Crippen MR) is 519 cm³/mol. The minimum absolute atomic E-state index is 0.0135. The number of carbonyl (C=O) groups excluding carboxylic acids is 8. The molecule has 3 aromatic carbocycles. The van der Waals surface area contributed by atoms with Gasteiger partial charge >= 0.3 is 18.1 Å². The number of rotatable bonds is 66. The molecule has 2 unspecified atom stereocenters. The third-order valence-electron chi connectivity index (χ3n) is 25.3. The van der Waals surface area contributed by atoms with Gasteiger partial charge in [0.05, 0.1) is 212 Å². The summed E-state index contributed by atoms with van der Waals surface area (Å²) in [7, 11) is -2.98. The number of nitrogens with one attached hydrogen (secondary N) is 3. The summed E-state index contributed by atoms with van der Waals surface area (Å²) in [4.78, 5) is 138. The van der Waals surface area contributed by atoms with Gasteiger partial charge in [-0.2, -0.15) is 13.5 Å². The number of thiazole rings is 1. The summed E-state index contributed by atoms with van der Waals surface area (Å²) in [5.41, 5.74) is 15.4. The summed E-state index contributed by atoms with van der Waals surface area (Å²) in [6, 6.07) is 17.9. The number of aromatic nitrogens is 7. The van der Waals surface area contributed by atoms with E-state index in [4.69, 9.17) is 87.9 Å². The van der Waals surface area contributed by atoms with Gasteiger partial charge in [-0.3, -0.25) is 53.1 Å². The molecule has 2 aliphatic heterocycles. The van der Waals surface area contributed by atoms with Gasteiger partial charge in [-0.25, -0.2) is 29.0 Å². The molecule has 9 N–H and O–H groups in total. The number of aromatic carboxylic acids is 1. The molecule has 4 bridgehead atoms. The zero-order valence-corrected chi connectivity index (χ0v) is 83.2. The van der Waals surface area contributed by atoms with Crippen molar-refractivity contribution in [3.05, 3.63) is 143 Å². The second kappa shape index (κ2) is 53.6. The standard InChI is InChI=1S/C97H134N16O27S2/c1-67(2)85(104-82(114)55-79(113-83(115)22-23-84(113)116)77-58-110(107-106-77)28-30-128-34-35-130-38-39-132-42-43-134-46-47-136-50-51-138-53-52-137-49-48-135-45-44-133-41-40-131-37-36-129-33-32-127-6)89(119)112(78(87(98)117)14-10-25-100-91(99)122)71-18-16-69(17-19-71)59-139-93(123)108(29-54-142(124,125)126)27-31-140-97-63-94(4)60-95(5,64-97)62-96(61-94,65-97)66-111-68(3)74(56-101-111)72-20-21-81(103-86(72)90(120)121)109-26-24-70-11-9-12-73(75(70)57-109)88(118)105-92-102-76-13-7-8-15-80(76)141-92/h7-9,11-13,15-23,56,58,67,78-79,85H,10,14,24-55,57,59-66H2,1-6H3,(H2,98,117)(H,104,114)(H,120,121)(H3,99,100,122)(H,102,105,118)(H,124,125,126)/t78-,79-,85-,94?,95?,96?,97?/m0/s1. The van der Waals surface area contributed by atoms with Gasteiger partial charge in [-0.05, 0) is 146 Å².